The molecule has 4 aromatic heterocycles. The van der Waals surface area contributed by atoms with Gasteiger partial charge in [0, 0.05) is 40.6 Å². The zero-order valence-electron chi connectivity index (χ0n) is 18.0. The molecule has 160 valence electrons. The summed E-state index contributed by atoms with van der Waals surface area (Å²) in [5, 5.41) is 4.78. The zero-order chi connectivity index (χ0) is 22.5. The third-order valence-electron chi connectivity index (χ3n) is 5.61. The summed E-state index contributed by atoms with van der Waals surface area (Å²) in [6.07, 6.45) is 3.72. The van der Waals surface area contributed by atoms with Crippen molar-refractivity contribution in [1.29, 1.82) is 0 Å². The SMILES string of the molecule is Cc1ccc(-c2nn3ccccc3c2-c2ccc(S(=O)(=O)n3c(C)ccc3C)cc2)cn1. The van der Waals surface area contributed by atoms with Gasteiger partial charge in [0.1, 0.15) is 5.69 Å². The van der Waals surface area contributed by atoms with Gasteiger partial charge in [0.15, 0.2) is 0 Å². The molecule has 0 spiro atoms. The summed E-state index contributed by atoms with van der Waals surface area (Å²) in [5.74, 6) is 0. The van der Waals surface area contributed by atoms with E-state index in [0.717, 1.165) is 33.6 Å². The van der Waals surface area contributed by atoms with Crippen molar-refractivity contribution in [2.45, 2.75) is 25.7 Å². The molecule has 0 atom stereocenters. The molecule has 0 amide bonds. The van der Waals surface area contributed by atoms with Crippen molar-refractivity contribution in [3.05, 3.63) is 96.2 Å². The predicted octanol–water partition coefficient (Wildman–Crippen LogP) is 5.03. The molecule has 0 fully saturated rings. The van der Waals surface area contributed by atoms with E-state index in [2.05, 4.69) is 4.98 Å². The first-order valence-electron chi connectivity index (χ1n) is 10.3. The minimum atomic E-state index is -3.67. The summed E-state index contributed by atoms with van der Waals surface area (Å²) >= 11 is 0. The van der Waals surface area contributed by atoms with Gasteiger partial charge >= 0.3 is 0 Å². The molecule has 0 saturated carbocycles. The standard InChI is InChI=1S/C25H22N4O2S/c1-17-7-10-21(16-26-17)25-24(23-6-4-5-15-28(23)27-25)20-11-13-22(14-12-20)32(30,31)29-18(2)8-9-19(29)3/h4-16H,1-3H3. The molecule has 0 N–H and O–H groups in total. The first-order chi connectivity index (χ1) is 15.4. The van der Waals surface area contributed by atoms with Crippen LogP contribution in [0.2, 0.25) is 0 Å². The van der Waals surface area contributed by atoms with E-state index >= 15 is 0 Å². The zero-order valence-corrected chi connectivity index (χ0v) is 18.8. The summed E-state index contributed by atoms with van der Waals surface area (Å²) < 4.78 is 29.6. The van der Waals surface area contributed by atoms with Gasteiger partial charge in [-0.05, 0) is 74.9 Å². The first kappa shape index (κ1) is 20.2. The van der Waals surface area contributed by atoms with Gasteiger partial charge in [-0.2, -0.15) is 5.10 Å². The Morgan fingerprint density at radius 1 is 0.781 bits per heavy atom. The molecule has 0 aliphatic heterocycles. The lowest BCUT2D eigenvalue weighted by atomic mass is 10.0. The summed E-state index contributed by atoms with van der Waals surface area (Å²) in [5.41, 5.74) is 6.78. The molecule has 6 nitrogen and oxygen atoms in total. The summed E-state index contributed by atoms with van der Waals surface area (Å²) in [6, 6.07) is 20.5. The topological polar surface area (TPSA) is 69.3 Å². The number of aromatic nitrogens is 4. The average molecular weight is 443 g/mol. The Morgan fingerprint density at radius 3 is 2.12 bits per heavy atom. The maximum Gasteiger partial charge on any atom is 0.268 e. The van der Waals surface area contributed by atoms with Crippen LogP contribution in [0.25, 0.3) is 27.9 Å². The molecule has 1 aromatic carbocycles. The van der Waals surface area contributed by atoms with E-state index in [1.165, 1.54) is 3.97 Å². The van der Waals surface area contributed by atoms with E-state index in [1.807, 2.05) is 78.4 Å². The number of benzene rings is 1. The first-order valence-corrected chi connectivity index (χ1v) is 11.7. The van der Waals surface area contributed by atoms with Crippen LogP contribution in [0.3, 0.4) is 0 Å². The summed E-state index contributed by atoms with van der Waals surface area (Å²) in [4.78, 5) is 4.67. The molecule has 32 heavy (non-hydrogen) atoms. The number of hydrogen-bond donors (Lipinski definition) is 0. The number of hydrogen-bond acceptors (Lipinski definition) is 4. The normalized spacial score (nSPS) is 11.8. The average Bonchev–Trinajstić information content (AvgIpc) is 3.34. The fourth-order valence-corrected chi connectivity index (χ4v) is 5.60. The lowest BCUT2D eigenvalue weighted by Gasteiger charge is -2.11. The summed E-state index contributed by atoms with van der Waals surface area (Å²) in [6.45, 7) is 5.53. The van der Waals surface area contributed by atoms with Crippen molar-refractivity contribution in [3.63, 3.8) is 0 Å². The Balaban J connectivity index is 1.65. The minimum Gasteiger partial charge on any atom is -0.261 e. The van der Waals surface area contributed by atoms with Crippen LogP contribution in [0.5, 0.6) is 0 Å². The summed E-state index contributed by atoms with van der Waals surface area (Å²) in [7, 11) is -3.67. The van der Waals surface area contributed by atoms with Crippen LogP contribution in [-0.2, 0) is 10.0 Å². The highest BCUT2D eigenvalue weighted by atomic mass is 32.2. The van der Waals surface area contributed by atoms with E-state index < -0.39 is 10.0 Å². The number of fused-ring (bicyclic) bond motifs is 1. The molecular formula is C25H22N4O2S. The Kier molecular flexibility index (Phi) is 4.71. The van der Waals surface area contributed by atoms with Gasteiger partial charge in [-0.15, -0.1) is 0 Å². The van der Waals surface area contributed by atoms with Crippen molar-refractivity contribution in [3.8, 4) is 22.4 Å². The third-order valence-corrected chi connectivity index (χ3v) is 7.54. The van der Waals surface area contributed by atoms with Crippen molar-refractivity contribution in [1.82, 2.24) is 18.6 Å². The molecule has 0 radical (unpaired) electrons. The minimum absolute atomic E-state index is 0.249. The molecule has 0 aliphatic carbocycles. The second-order valence-electron chi connectivity index (χ2n) is 7.85. The maximum atomic E-state index is 13.2. The molecule has 0 aliphatic rings. The molecule has 5 rings (SSSR count). The highest BCUT2D eigenvalue weighted by Crippen LogP contribution is 2.35. The molecule has 0 saturated heterocycles. The molecule has 0 bridgehead atoms. The van der Waals surface area contributed by atoms with E-state index in [9.17, 15) is 8.42 Å². The fraction of sp³-hybridized carbons (Fsp3) is 0.120. The van der Waals surface area contributed by atoms with Crippen molar-refractivity contribution >= 4 is 15.5 Å². The monoisotopic (exact) mass is 442 g/mol. The number of pyridine rings is 2. The van der Waals surface area contributed by atoms with Gasteiger partial charge in [0.25, 0.3) is 10.0 Å². The van der Waals surface area contributed by atoms with E-state index in [-0.39, 0.29) is 4.90 Å². The van der Waals surface area contributed by atoms with Gasteiger partial charge in [0.05, 0.1) is 10.4 Å². The second kappa shape index (κ2) is 7.46. The van der Waals surface area contributed by atoms with Gasteiger partial charge in [-0.1, -0.05) is 18.2 Å². The lowest BCUT2D eigenvalue weighted by molar-refractivity contribution is 0.585. The van der Waals surface area contributed by atoms with Gasteiger partial charge in [-0.25, -0.2) is 16.9 Å². The number of nitrogens with zero attached hydrogens (tertiary/aromatic N) is 4. The van der Waals surface area contributed by atoms with Crippen LogP contribution < -0.4 is 0 Å². The Morgan fingerprint density at radius 2 is 1.47 bits per heavy atom. The van der Waals surface area contributed by atoms with Crippen molar-refractivity contribution in [2.24, 2.45) is 0 Å². The van der Waals surface area contributed by atoms with Crippen LogP contribution >= 0.6 is 0 Å². The van der Waals surface area contributed by atoms with Crippen LogP contribution in [0.15, 0.2) is 84.0 Å². The molecule has 5 aromatic rings. The molecule has 0 unspecified atom stereocenters. The van der Waals surface area contributed by atoms with Gasteiger partial charge in [0.2, 0.25) is 0 Å². The van der Waals surface area contributed by atoms with Crippen molar-refractivity contribution in [2.75, 3.05) is 0 Å². The van der Waals surface area contributed by atoms with Crippen LogP contribution in [0.4, 0.5) is 0 Å². The quantitative estimate of drug-likeness (QED) is 0.392. The Labute approximate surface area is 186 Å². The van der Waals surface area contributed by atoms with Crippen LogP contribution in [-0.4, -0.2) is 27.0 Å². The van der Waals surface area contributed by atoms with Crippen LogP contribution in [0, 0.1) is 20.8 Å². The number of aryl methyl sites for hydroxylation is 3. The smallest absolute Gasteiger partial charge is 0.261 e. The van der Waals surface area contributed by atoms with E-state index in [0.29, 0.717) is 11.4 Å². The lowest BCUT2D eigenvalue weighted by Crippen LogP contribution is -2.15. The van der Waals surface area contributed by atoms with Crippen molar-refractivity contribution < 1.29 is 8.42 Å². The second-order valence-corrected chi connectivity index (χ2v) is 9.64. The molecule has 7 heteroatoms. The molecular weight excluding hydrogens is 420 g/mol. The highest BCUT2D eigenvalue weighted by molar-refractivity contribution is 7.90. The fourth-order valence-electron chi connectivity index (χ4n) is 4.03. The number of rotatable bonds is 4. The third kappa shape index (κ3) is 3.22. The van der Waals surface area contributed by atoms with Crippen LogP contribution in [0.1, 0.15) is 17.1 Å². The van der Waals surface area contributed by atoms with Gasteiger partial charge < -0.3 is 0 Å². The Hall–Kier alpha value is -3.71. The highest BCUT2D eigenvalue weighted by Gasteiger charge is 2.22. The molecule has 4 heterocycles. The maximum absolute atomic E-state index is 13.2. The van der Waals surface area contributed by atoms with Gasteiger partial charge in [-0.3, -0.25) is 4.98 Å². The van der Waals surface area contributed by atoms with E-state index in [1.54, 1.807) is 26.0 Å². The Bertz CT molecular complexity index is 1520. The van der Waals surface area contributed by atoms with E-state index in [4.69, 9.17) is 5.10 Å². The largest absolute Gasteiger partial charge is 0.268 e. The predicted molar refractivity (Wildman–Crippen MR) is 125 cm³/mol.